The Morgan fingerprint density at radius 1 is 0.949 bits per heavy atom. The molecule has 1 unspecified atom stereocenters. The van der Waals surface area contributed by atoms with E-state index in [0.717, 1.165) is 43.0 Å². The highest BCUT2D eigenvalue weighted by Crippen LogP contribution is 2.43. The summed E-state index contributed by atoms with van der Waals surface area (Å²) < 4.78 is 5.83. The van der Waals surface area contributed by atoms with Crippen molar-refractivity contribution >= 4 is 45.6 Å². The Morgan fingerprint density at radius 3 is 2.38 bits per heavy atom. The Labute approximate surface area is 231 Å². The number of fused-ring (bicyclic) bond motifs is 1. The van der Waals surface area contributed by atoms with Crippen LogP contribution < -0.4 is 9.80 Å². The van der Waals surface area contributed by atoms with Crippen LogP contribution in [0.4, 0.5) is 11.4 Å². The number of aliphatic hydroxyl groups excluding tert-OH is 1. The number of benzene rings is 3. The van der Waals surface area contributed by atoms with Crippen LogP contribution in [-0.2, 0) is 4.79 Å². The van der Waals surface area contributed by atoms with Gasteiger partial charge in [0.1, 0.15) is 5.58 Å². The summed E-state index contributed by atoms with van der Waals surface area (Å²) in [5.41, 5.74) is 3.84. The number of amides is 1. The number of piperazine rings is 1. The van der Waals surface area contributed by atoms with Crippen molar-refractivity contribution in [3.05, 3.63) is 106 Å². The second-order valence-electron chi connectivity index (χ2n) is 10.2. The number of likely N-dealkylation sites (N-methyl/N-ethyl adjacent to an activating group) is 1. The van der Waals surface area contributed by atoms with Crippen LogP contribution in [-0.4, -0.2) is 54.9 Å². The van der Waals surface area contributed by atoms with Crippen LogP contribution in [0.15, 0.2) is 88.5 Å². The molecule has 3 aromatic carbocycles. The molecule has 0 bridgehead atoms. The fourth-order valence-electron chi connectivity index (χ4n) is 5.41. The molecule has 198 valence electrons. The highest BCUT2D eigenvalue weighted by molar-refractivity contribution is 6.31. The third-order valence-electron chi connectivity index (χ3n) is 7.51. The number of ketones is 1. The molecule has 0 aliphatic carbocycles. The molecule has 39 heavy (non-hydrogen) atoms. The molecule has 1 N–H and O–H groups in total. The number of nitrogens with zero attached hydrogens (tertiary/aromatic N) is 3. The van der Waals surface area contributed by atoms with Crippen molar-refractivity contribution in [1.29, 1.82) is 0 Å². The molecule has 2 aliphatic heterocycles. The lowest BCUT2D eigenvalue weighted by molar-refractivity contribution is -0.117. The van der Waals surface area contributed by atoms with Crippen molar-refractivity contribution in [2.75, 3.05) is 43.0 Å². The van der Waals surface area contributed by atoms with Crippen LogP contribution in [0.2, 0.25) is 5.02 Å². The molecule has 0 saturated carbocycles. The fourth-order valence-corrected chi connectivity index (χ4v) is 5.59. The first-order valence-corrected chi connectivity index (χ1v) is 13.3. The van der Waals surface area contributed by atoms with Gasteiger partial charge in [-0.25, -0.2) is 0 Å². The maximum atomic E-state index is 13.9. The van der Waals surface area contributed by atoms with E-state index in [4.69, 9.17) is 16.0 Å². The molecule has 4 aromatic rings. The molecule has 1 amide bonds. The lowest BCUT2D eigenvalue weighted by Crippen LogP contribution is -2.44. The van der Waals surface area contributed by atoms with Crippen LogP contribution in [0.3, 0.4) is 0 Å². The number of aliphatic hydroxyl groups is 1. The average Bonchev–Trinajstić information content (AvgIpc) is 3.47. The van der Waals surface area contributed by atoms with Crippen molar-refractivity contribution in [2.24, 2.45) is 0 Å². The zero-order chi connectivity index (χ0) is 27.3. The maximum Gasteiger partial charge on any atom is 0.294 e. The van der Waals surface area contributed by atoms with Gasteiger partial charge in [-0.3, -0.25) is 14.5 Å². The van der Waals surface area contributed by atoms with E-state index >= 15 is 0 Å². The third kappa shape index (κ3) is 4.58. The summed E-state index contributed by atoms with van der Waals surface area (Å²) in [4.78, 5) is 33.5. The largest absolute Gasteiger partial charge is 0.503 e. The Kier molecular flexibility index (Phi) is 6.41. The van der Waals surface area contributed by atoms with E-state index in [1.807, 2.05) is 55.5 Å². The van der Waals surface area contributed by atoms with Gasteiger partial charge in [-0.15, -0.1) is 0 Å². The minimum absolute atomic E-state index is 0.0149. The SMILES string of the molecule is Cc1cccc(C2C(C(=O)c3cc4cc(Cl)ccc4o3)=C(O)C(=O)N2c2ccc(N3CCN(C)CC3)cc2)c1. The van der Waals surface area contributed by atoms with Crippen LogP contribution >= 0.6 is 11.6 Å². The molecular formula is C31H28ClN3O4. The lowest BCUT2D eigenvalue weighted by Gasteiger charge is -2.34. The number of Topliss-reactive ketones (excluding diaryl/α,β-unsaturated/α-hetero) is 1. The molecule has 1 aromatic heterocycles. The fraction of sp³-hybridized carbons (Fsp3) is 0.226. The van der Waals surface area contributed by atoms with Gasteiger partial charge < -0.3 is 19.3 Å². The zero-order valence-electron chi connectivity index (χ0n) is 21.7. The molecule has 7 nitrogen and oxygen atoms in total. The van der Waals surface area contributed by atoms with Crippen molar-refractivity contribution in [2.45, 2.75) is 13.0 Å². The quantitative estimate of drug-likeness (QED) is 0.316. The molecule has 6 rings (SSSR count). The minimum Gasteiger partial charge on any atom is -0.503 e. The van der Waals surface area contributed by atoms with Crippen LogP contribution in [0, 0.1) is 6.92 Å². The molecule has 1 fully saturated rings. The molecule has 1 atom stereocenters. The summed E-state index contributed by atoms with van der Waals surface area (Å²) >= 11 is 6.12. The van der Waals surface area contributed by atoms with E-state index < -0.39 is 23.5 Å². The monoisotopic (exact) mass is 541 g/mol. The summed E-state index contributed by atoms with van der Waals surface area (Å²) in [5, 5.41) is 12.3. The number of halogens is 1. The van der Waals surface area contributed by atoms with E-state index in [1.165, 1.54) is 4.90 Å². The number of hydrogen-bond acceptors (Lipinski definition) is 6. The second-order valence-corrected chi connectivity index (χ2v) is 10.6. The first-order valence-electron chi connectivity index (χ1n) is 12.9. The normalized spacial score (nSPS) is 18.4. The predicted molar refractivity (Wildman–Crippen MR) is 153 cm³/mol. The topological polar surface area (TPSA) is 77.2 Å². The molecule has 0 spiro atoms. The van der Waals surface area contributed by atoms with Gasteiger partial charge in [-0.1, -0.05) is 41.4 Å². The first-order chi connectivity index (χ1) is 18.8. The number of aryl methyl sites for hydroxylation is 1. The van der Waals surface area contributed by atoms with E-state index in [2.05, 4.69) is 16.8 Å². The maximum absolute atomic E-state index is 13.9. The van der Waals surface area contributed by atoms with Gasteiger partial charge in [0.2, 0.25) is 5.78 Å². The van der Waals surface area contributed by atoms with Crippen LogP contribution in [0.25, 0.3) is 11.0 Å². The number of carbonyl (C=O) groups is 2. The minimum atomic E-state index is -0.823. The number of carbonyl (C=O) groups excluding carboxylic acids is 2. The van der Waals surface area contributed by atoms with E-state index in [0.29, 0.717) is 21.7 Å². The average molecular weight is 542 g/mol. The van der Waals surface area contributed by atoms with Crippen molar-refractivity contribution in [3.63, 3.8) is 0 Å². The predicted octanol–water partition coefficient (Wildman–Crippen LogP) is 5.93. The van der Waals surface area contributed by atoms with Crippen molar-refractivity contribution in [3.8, 4) is 0 Å². The number of rotatable bonds is 5. The van der Waals surface area contributed by atoms with Gasteiger partial charge in [0, 0.05) is 48.0 Å². The Balaban J connectivity index is 1.40. The first kappa shape index (κ1) is 25.2. The molecule has 2 aliphatic rings. The molecule has 0 radical (unpaired) electrons. The Bertz CT molecular complexity index is 1620. The molecule has 8 heteroatoms. The summed E-state index contributed by atoms with van der Waals surface area (Å²) in [7, 11) is 2.11. The van der Waals surface area contributed by atoms with Gasteiger partial charge in [-0.2, -0.15) is 0 Å². The van der Waals surface area contributed by atoms with Crippen molar-refractivity contribution < 1.29 is 19.1 Å². The Hall–Kier alpha value is -4.07. The highest BCUT2D eigenvalue weighted by Gasteiger charge is 2.45. The van der Waals surface area contributed by atoms with Crippen LogP contribution in [0.1, 0.15) is 27.7 Å². The molecular weight excluding hydrogens is 514 g/mol. The smallest absolute Gasteiger partial charge is 0.294 e. The summed E-state index contributed by atoms with van der Waals surface area (Å²) in [6.07, 6.45) is 0. The van der Waals surface area contributed by atoms with E-state index in [1.54, 1.807) is 24.3 Å². The Morgan fingerprint density at radius 2 is 1.67 bits per heavy atom. The third-order valence-corrected chi connectivity index (χ3v) is 7.74. The van der Waals surface area contributed by atoms with Gasteiger partial charge in [0.25, 0.3) is 5.91 Å². The summed E-state index contributed by atoms with van der Waals surface area (Å²) in [6.45, 7) is 5.77. The zero-order valence-corrected chi connectivity index (χ0v) is 22.5. The number of anilines is 2. The lowest BCUT2D eigenvalue weighted by atomic mass is 9.94. The van der Waals surface area contributed by atoms with Gasteiger partial charge in [0.05, 0.1) is 11.6 Å². The molecule has 3 heterocycles. The van der Waals surface area contributed by atoms with Crippen molar-refractivity contribution in [1.82, 2.24) is 4.90 Å². The summed E-state index contributed by atoms with van der Waals surface area (Å²) in [5.74, 6) is -1.72. The van der Waals surface area contributed by atoms with Gasteiger partial charge in [0.15, 0.2) is 11.5 Å². The standard InChI is InChI=1S/C31H28ClN3O4/c1-19-4-3-5-20(16-19)28-27(29(36)26-18-21-17-22(32)6-11-25(21)39-26)30(37)31(38)35(28)24-9-7-23(8-10-24)34-14-12-33(2)13-15-34/h3-11,16-18,28,37H,12-15H2,1-2H3. The second kappa shape index (κ2) is 9.91. The molecule has 1 saturated heterocycles. The summed E-state index contributed by atoms with van der Waals surface area (Å²) in [6, 6.07) is 21.2. The van der Waals surface area contributed by atoms with E-state index in [9.17, 15) is 14.7 Å². The van der Waals surface area contributed by atoms with Crippen LogP contribution in [0.5, 0.6) is 0 Å². The van der Waals surface area contributed by atoms with Gasteiger partial charge in [-0.05, 0) is 68.1 Å². The highest BCUT2D eigenvalue weighted by atomic mass is 35.5. The van der Waals surface area contributed by atoms with Gasteiger partial charge >= 0.3 is 0 Å². The van der Waals surface area contributed by atoms with E-state index in [-0.39, 0.29) is 11.3 Å². The number of furan rings is 1. The number of hydrogen-bond donors (Lipinski definition) is 1.